The number of carbonyl (C=O) groups excluding carboxylic acids is 1. The third-order valence-corrected chi connectivity index (χ3v) is 5.28. The van der Waals surface area contributed by atoms with Gasteiger partial charge in [0, 0.05) is 11.4 Å². The zero-order valence-electron chi connectivity index (χ0n) is 19.1. The van der Waals surface area contributed by atoms with Gasteiger partial charge in [-0.1, -0.05) is 35.9 Å². The van der Waals surface area contributed by atoms with Crippen LogP contribution in [0.5, 0.6) is 23.0 Å². The van der Waals surface area contributed by atoms with Gasteiger partial charge in [0.15, 0.2) is 23.0 Å². The maximum absolute atomic E-state index is 12.5. The van der Waals surface area contributed by atoms with Crippen LogP contribution in [0.15, 0.2) is 60.7 Å². The lowest BCUT2D eigenvalue weighted by Gasteiger charge is -2.11. The van der Waals surface area contributed by atoms with Gasteiger partial charge in [0.25, 0.3) is 0 Å². The lowest BCUT2D eigenvalue weighted by atomic mass is 10.0. The van der Waals surface area contributed by atoms with E-state index in [2.05, 4.69) is 6.07 Å². The quantitative estimate of drug-likeness (QED) is 0.163. The Kier molecular flexibility index (Phi) is 8.55. The van der Waals surface area contributed by atoms with Gasteiger partial charge >= 0.3 is 5.97 Å². The van der Waals surface area contributed by atoms with Crippen molar-refractivity contribution >= 4 is 29.2 Å². The fraction of sp³-hybridized carbons (Fsp3) is 0.185. The second kappa shape index (κ2) is 11.8. The first kappa shape index (κ1) is 24.7. The number of hydrogen-bond acceptors (Lipinski definition) is 6. The Morgan fingerprint density at radius 2 is 1.62 bits per heavy atom. The molecule has 7 heteroatoms. The van der Waals surface area contributed by atoms with Gasteiger partial charge in [0.2, 0.25) is 0 Å². The number of nitrogens with zero attached hydrogens (tertiary/aromatic N) is 1. The van der Waals surface area contributed by atoms with Crippen LogP contribution < -0.4 is 18.9 Å². The Balaban J connectivity index is 1.71. The monoisotopic (exact) mass is 477 g/mol. The van der Waals surface area contributed by atoms with E-state index in [1.165, 1.54) is 7.11 Å². The maximum Gasteiger partial charge on any atom is 0.311 e. The highest BCUT2D eigenvalue weighted by Crippen LogP contribution is 2.31. The van der Waals surface area contributed by atoms with E-state index in [1.807, 2.05) is 18.2 Å². The zero-order valence-corrected chi connectivity index (χ0v) is 19.9. The predicted octanol–water partition coefficient (Wildman–Crippen LogP) is 5.97. The molecule has 0 aliphatic carbocycles. The summed E-state index contributed by atoms with van der Waals surface area (Å²) >= 11 is 6.04. The number of allylic oxidation sites excluding steroid dienone is 1. The fourth-order valence-corrected chi connectivity index (χ4v) is 3.51. The first-order valence-corrected chi connectivity index (χ1v) is 10.8. The van der Waals surface area contributed by atoms with Gasteiger partial charge in [-0.15, -0.1) is 0 Å². The second-order valence-corrected chi connectivity index (χ2v) is 7.69. The minimum atomic E-state index is -0.395. The van der Waals surface area contributed by atoms with Crippen LogP contribution in [-0.2, 0) is 11.2 Å². The van der Waals surface area contributed by atoms with E-state index in [0.29, 0.717) is 45.6 Å². The maximum atomic E-state index is 12.5. The minimum Gasteiger partial charge on any atom is -0.493 e. The molecule has 0 heterocycles. The lowest BCUT2D eigenvalue weighted by Crippen LogP contribution is -2.10. The van der Waals surface area contributed by atoms with E-state index in [-0.39, 0.29) is 6.42 Å². The molecule has 0 radical (unpaired) electrons. The molecular formula is C27H24ClNO5. The number of benzene rings is 3. The van der Waals surface area contributed by atoms with Crippen molar-refractivity contribution in [3.63, 3.8) is 0 Å². The van der Waals surface area contributed by atoms with Crippen LogP contribution in [0.4, 0.5) is 0 Å². The summed E-state index contributed by atoms with van der Waals surface area (Å²) in [5.41, 5.74) is 2.80. The molecular weight excluding hydrogens is 454 g/mol. The molecule has 174 valence electrons. The second-order valence-electron chi connectivity index (χ2n) is 7.25. The molecule has 0 N–H and O–H groups in total. The first-order valence-electron chi connectivity index (χ1n) is 10.4. The molecule has 0 amide bonds. The zero-order chi connectivity index (χ0) is 24.5. The molecule has 0 spiro atoms. The van der Waals surface area contributed by atoms with E-state index in [0.717, 1.165) is 11.1 Å². The number of methoxy groups -OCH3 is 3. The van der Waals surface area contributed by atoms with Gasteiger partial charge in [0.05, 0.1) is 33.0 Å². The van der Waals surface area contributed by atoms with Crippen molar-refractivity contribution in [3.8, 4) is 29.1 Å². The summed E-state index contributed by atoms with van der Waals surface area (Å²) in [5, 5.41) is 10.1. The predicted molar refractivity (Wildman–Crippen MR) is 131 cm³/mol. The molecule has 0 saturated heterocycles. The third kappa shape index (κ3) is 6.31. The number of rotatable bonds is 9. The summed E-state index contributed by atoms with van der Waals surface area (Å²) < 4.78 is 21.5. The van der Waals surface area contributed by atoms with Gasteiger partial charge in [-0.2, -0.15) is 5.26 Å². The van der Waals surface area contributed by atoms with Crippen molar-refractivity contribution in [2.24, 2.45) is 0 Å². The number of ether oxygens (including phenoxy) is 4. The molecule has 3 aromatic rings. The summed E-state index contributed by atoms with van der Waals surface area (Å²) in [6.07, 6.45) is 2.37. The molecule has 34 heavy (non-hydrogen) atoms. The molecule has 0 aliphatic rings. The Labute approximate surface area is 203 Å². The molecule has 0 aromatic heterocycles. The van der Waals surface area contributed by atoms with Crippen molar-refractivity contribution in [3.05, 3.63) is 82.4 Å². The van der Waals surface area contributed by atoms with Crippen molar-refractivity contribution in [2.75, 3.05) is 21.3 Å². The van der Waals surface area contributed by atoms with Crippen LogP contribution in [0.3, 0.4) is 0 Å². The summed E-state index contributed by atoms with van der Waals surface area (Å²) in [4.78, 5) is 12.5. The molecule has 3 aromatic carbocycles. The Bertz CT molecular complexity index is 1250. The average molecular weight is 478 g/mol. The van der Waals surface area contributed by atoms with Crippen LogP contribution >= 0.6 is 11.6 Å². The SMILES string of the molecule is COc1ccc(CCC(=O)Oc2ccc(/C=C(/C#N)c3cccc(Cl)c3)cc2OC)cc1OC. The molecule has 0 fully saturated rings. The number of hydrogen-bond donors (Lipinski definition) is 0. The van der Waals surface area contributed by atoms with Crippen LogP contribution in [-0.4, -0.2) is 27.3 Å². The molecule has 0 atom stereocenters. The van der Waals surface area contributed by atoms with Gasteiger partial charge < -0.3 is 18.9 Å². The number of carbonyl (C=O) groups is 1. The third-order valence-electron chi connectivity index (χ3n) is 5.04. The van der Waals surface area contributed by atoms with Crippen molar-refractivity contribution < 1.29 is 23.7 Å². The largest absolute Gasteiger partial charge is 0.493 e. The van der Waals surface area contributed by atoms with Gasteiger partial charge in [-0.05, 0) is 65.6 Å². The van der Waals surface area contributed by atoms with Crippen molar-refractivity contribution in [1.29, 1.82) is 5.26 Å². The van der Waals surface area contributed by atoms with Gasteiger partial charge in [0.1, 0.15) is 0 Å². The highest BCUT2D eigenvalue weighted by atomic mass is 35.5. The number of esters is 1. The van der Waals surface area contributed by atoms with Gasteiger partial charge in [-0.25, -0.2) is 0 Å². The van der Waals surface area contributed by atoms with E-state index >= 15 is 0 Å². The number of nitriles is 1. The highest BCUT2D eigenvalue weighted by Gasteiger charge is 2.13. The highest BCUT2D eigenvalue weighted by molar-refractivity contribution is 6.30. The molecule has 0 unspecified atom stereocenters. The van der Waals surface area contributed by atoms with Crippen LogP contribution in [0.1, 0.15) is 23.1 Å². The fourth-order valence-electron chi connectivity index (χ4n) is 3.32. The van der Waals surface area contributed by atoms with E-state index in [9.17, 15) is 10.1 Å². The summed E-state index contributed by atoms with van der Waals surface area (Å²) in [6.45, 7) is 0. The van der Waals surface area contributed by atoms with E-state index in [4.69, 9.17) is 30.5 Å². The standard InChI is InChI=1S/C27H24ClNO5/c1-31-23-10-7-18(14-25(23)32-2)9-12-27(30)34-24-11-8-19(15-26(24)33-3)13-21(17-29)20-5-4-6-22(28)16-20/h4-8,10-11,13-16H,9,12H2,1-3H3/b21-13-. The van der Waals surface area contributed by atoms with Crippen LogP contribution in [0, 0.1) is 11.3 Å². The van der Waals surface area contributed by atoms with E-state index < -0.39 is 5.97 Å². The van der Waals surface area contributed by atoms with E-state index in [1.54, 1.807) is 62.8 Å². The van der Waals surface area contributed by atoms with Crippen LogP contribution in [0.2, 0.25) is 5.02 Å². The number of halogens is 1. The molecule has 0 saturated carbocycles. The lowest BCUT2D eigenvalue weighted by molar-refractivity contribution is -0.134. The minimum absolute atomic E-state index is 0.174. The molecule has 0 aliphatic heterocycles. The Morgan fingerprint density at radius 3 is 2.29 bits per heavy atom. The van der Waals surface area contributed by atoms with Gasteiger partial charge in [-0.3, -0.25) is 4.79 Å². The summed E-state index contributed by atoms with van der Waals surface area (Å²) in [6, 6.07) is 19.9. The first-order chi connectivity index (χ1) is 16.5. The molecule has 3 rings (SSSR count). The smallest absolute Gasteiger partial charge is 0.311 e. The normalized spacial score (nSPS) is 10.9. The Morgan fingerprint density at radius 1 is 0.912 bits per heavy atom. The molecule has 0 bridgehead atoms. The van der Waals surface area contributed by atoms with Crippen molar-refractivity contribution in [1.82, 2.24) is 0 Å². The van der Waals surface area contributed by atoms with Crippen molar-refractivity contribution in [2.45, 2.75) is 12.8 Å². The summed E-state index contributed by atoms with van der Waals surface area (Å²) in [7, 11) is 4.63. The number of aryl methyl sites for hydroxylation is 1. The average Bonchev–Trinajstić information content (AvgIpc) is 2.86. The van der Waals surface area contributed by atoms with Crippen LogP contribution in [0.25, 0.3) is 11.6 Å². The topological polar surface area (TPSA) is 77.8 Å². The molecule has 6 nitrogen and oxygen atoms in total. The Hall–Kier alpha value is -3.95. The summed E-state index contributed by atoms with van der Waals surface area (Å²) in [5.74, 6) is 1.53.